The van der Waals surface area contributed by atoms with Crippen molar-refractivity contribution in [1.29, 1.82) is 0 Å². The molecule has 0 aliphatic carbocycles. The quantitative estimate of drug-likeness (QED) is 0.844. The second kappa shape index (κ2) is 5.94. The number of hydrogen-bond acceptors (Lipinski definition) is 5. The highest BCUT2D eigenvalue weighted by Gasteiger charge is 2.18. The molecule has 110 valence electrons. The average molecular weight is 314 g/mol. The van der Waals surface area contributed by atoms with E-state index < -0.39 is 10.0 Å². The molecular formula is C12H18N4O2S2. The molecule has 0 aliphatic heterocycles. The molecule has 0 atom stereocenters. The lowest BCUT2D eigenvalue weighted by atomic mass is 10.3. The van der Waals surface area contributed by atoms with E-state index in [0.717, 1.165) is 17.8 Å². The van der Waals surface area contributed by atoms with E-state index in [2.05, 4.69) is 15.1 Å². The monoisotopic (exact) mass is 314 g/mol. The fourth-order valence-electron chi connectivity index (χ4n) is 1.78. The largest absolute Gasteiger partial charge is 0.319 e. The zero-order chi connectivity index (χ0) is 14.8. The van der Waals surface area contributed by atoms with E-state index in [0.29, 0.717) is 15.6 Å². The Bertz CT molecular complexity index is 688. The summed E-state index contributed by atoms with van der Waals surface area (Å²) in [6.07, 6.45) is 2.48. The molecule has 0 radical (unpaired) electrons. The van der Waals surface area contributed by atoms with Crippen molar-refractivity contribution >= 4 is 27.0 Å². The molecule has 0 aromatic carbocycles. The number of sulfonamides is 1. The summed E-state index contributed by atoms with van der Waals surface area (Å²) in [4.78, 5) is 1.04. The Balaban J connectivity index is 2.18. The zero-order valence-electron chi connectivity index (χ0n) is 11.7. The van der Waals surface area contributed by atoms with Crippen molar-refractivity contribution in [1.82, 2.24) is 15.1 Å². The molecule has 0 bridgehead atoms. The molecular weight excluding hydrogens is 296 g/mol. The molecule has 2 N–H and O–H groups in total. The van der Waals surface area contributed by atoms with E-state index in [1.807, 2.05) is 13.1 Å². The van der Waals surface area contributed by atoms with E-state index in [9.17, 15) is 8.42 Å². The normalized spacial score (nSPS) is 11.8. The van der Waals surface area contributed by atoms with Crippen LogP contribution in [-0.2, 0) is 23.5 Å². The van der Waals surface area contributed by atoms with Gasteiger partial charge in [0.25, 0.3) is 10.0 Å². The Hall–Kier alpha value is -1.38. The van der Waals surface area contributed by atoms with Gasteiger partial charge in [0.05, 0.1) is 11.4 Å². The molecule has 20 heavy (non-hydrogen) atoms. The molecule has 0 amide bonds. The van der Waals surface area contributed by atoms with Crippen LogP contribution in [0.25, 0.3) is 0 Å². The van der Waals surface area contributed by atoms with Crippen molar-refractivity contribution in [3.8, 4) is 0 Å². The van der Waals surface area contributed by atoms with Crippen LogP contribution in [0, 0.1) is 6.92 Å². The van der Waals surface area contributed by atoms with Crippen LogP contribution in [0.5, 0.6) is 0 Å². The van der Waals surface area contributed by atoms with Gasteiger partial charge in [-0.2, -0.15) is 5.10 Å². The molecule has 2 aromatic rings. The summed E-state index contributed by atoms with van der Waals surface area (Å²) in [7, 11) is 0.0968. The first-order chi connectivity index (χ1) is 9.42. The van der Waals surface area contributed by atoms with Crippen molar-refractivity contribution in [3.05, 3.63) is 28.9 Å². The number of hydrogen-bond donors (Lipinski definition) is 2. The van der Waals surface area contributed by atoms with Gasteiger partial charge in [-0.25, -0.2) is 8.42 Å². The van der Waals surface area contributed by atoms with Crippen molar-refractivity contribution in [2.75, 3.05) is 18.3 Å². The smallest absolute Gasteiger partial charge is 0.271 e. The summed E-state index contributed by atoms with van der Waals surface area (Å²) in [6.45, 7) is 2.60. The van der Waals surface area contributed by atoms with Crippen LogP contribution in [-0.4, -0.2) is 31.8 Å². The fourth-order valence-corrected chi connectivity index (χ4v) is 4.24. The van der Waals surface area contributed by atoms with Crippen LogP contribution < -0.4 is 10.0 Å². The predicted octanol–water partition coefficient (Wildman–Crippen LogP) is 1.35. The molecule has 8 heteroatoms. The summed E-state index contributed by atoms with van der Waals surface area (Å²) in [6, 6.07) is 3.50. The van der Waals surface area contributed by atoms with Crippen molar-refractivity contribution in [3.63, 3.8) is 0 Å². The lowest BCUT2D eigenvalue weighted by molar-refractivity contribution is 0.603. The number of aryl methyl sites for hydroxylation is 2. The van der Waals surface area contributed by atoms with Gasteiger partial charge in [-0.15, -0.1) is 11.3 Å². The molecule has 2 heterocycles. The molecule has 2 aromatic heterocycles. The second-order valence-corrected chi connectivity index (χ2v) is 7.56. The number of anilines is 1. The third-order valence-corrected chi connectivity index (χ3v) is 5.78. The Kier molecular flexibility index (Phi) is 4.46. The summed E-state index contributed by atoms with van der Waals surface area (Å²) in [5.41, 5.74) is 1.17. The van der Waals surface area contributed by atoms with Gasteiger partial charge < -0.3 is 5.32 Å². The zero-order valence-corrected chi connectivity index (χ0v) is 13.3. The third kappa shape index (κ3) is 3.38. The topological polar surface area (TPSA) is 76.0 Å². The molecule has 6 nitrogen and oxygen atoms in total. The van der Waals surface area contributed by atoms with Gasteiger partial charge in [0.1, 0.15) is 4.21 Å². The lowest BCUT2D eigenvalue weighted by Gasteiger charge is -2.04. The Morgan fingerprint density at radius 3 is 2.75 bits per heavy atom. The maximum absolute atomic E-state index is 12.3. The highest BCUT2D eigenvalue weighted by Crippen LogP contribution is 2.25. The average Bonchev–Trinajstić information content (AvgIpc) is 2.94. The number of nitrogens with one attached hydrogen (secondary N) is 2. The van der Waals surface area contributed by atoms with Crippen molar-refractivity contribution in [2.45, 2.75) is 17.6 Å². The first-order valence-electron chi connectivity index (χ1n) is 6.19. The molecule has 0 saturated heterocycles. The number of thiophene rings is 1. The minimum atomic E-state index is -3.53. The van der Waals surface area contributed by atoms with E-state index in [-0.39, 0.29) is 0 Å². The summed E-state index contributed by atoms with van der Waals surface area (Å²) in [5, 5.41) is 7.16. The number of nitrogens with zero attached hydrogens (tertiary/aromatic N) is 2. The van der Waals surface area contributed by atoms with Gasteiger partial charge in [0.15, 0.2) is 0 Å². The summed E-state index contributed by atoms with van der Waals surface area (Å²) in [5.74, 6) is 0. The maximum Gasteiger partial charge on any atom is 0.271 e. The van der Waals surface area contributed by atoms with Gasteiger partial charge in [-0.1, -0.05) is 0 Å². The van der Waals surface area contributed by atoms with E-state index >= 15 is 0 Å². The first kappa shape index (κ1) is 15.0. The van der Waals surface area contributed by atoms with Gasteiger partial charge in [0.2, 0.25) is 0 Å². The third-order valence-electron chi connectivity index (χ3n) is 2.78. The van der Waals surface area contributed by atoms with Gasteiger partial charge in [-0.3, -0.25) is 9.40 Å². The van der Waals surface area contributed by atoms with Crippen LogP contribution in [0.2, 0.25) is 0 Å². The molecule has 0 saturated carbocycles. The Morgan fingerprint density at radius 2 is 2.15 bits per heavy atom. The maximum atomic E-state index is 12.3. The van der Waals surface area contributed by atoms with Crippen LogP contribution in [0.4, 0.5) is 5.69 Å². The minimum absolute atomic E-state index is 0.326. The van der Waals surface area contributed by atoms with Gasteiger partial charge in [-0.05, 0) is 39.1 Å². The van der Waals surface area contributed by atoms with E-state index in [1.54, 1.807) is 30.9 Å². The SMILES string of the molecule is CNCCc1ccc(S(=O)(=O)Nc2cn(C)nc2C)s1. The highest BCUT2D eigenvalue weighted by atomic mass is 32.2. The fraction of sp³-hybridized carbons (Fsp3) is 0.417. The van der Waals surface area contributed by atoms with E-state index in [4.69, 9.17) is 0 Å². The minimum Gasteiger partial charge on any atom is -0.319 e. The number of likely N-dealkylation sites (N-methyl/N-ethyl adjacent to an activating group) is 1. The molecule has 0 unspecified atom stereocenters. The Labute approximate surface area is 122 Å². The highest BCUT2D eigenvalue weighted by molar-refractivity contribution is 7.94. The molecule has 0 aliphatic rings. The molecule has 0 spiro atoms. The standard InChI is InChI=1S/C12H18N4O2S2/c1-9-11(8-16(3)14-9)15-20(17,18)12-5-4-10(19-12)6-7-13-2/h4-5,8,13,15H,6-7H2,1-3H3. The number of rotatable bonds is 6. The Morgan fingerprint density at radius 1 is 1.40 bits per heavy atom. The van der Waals surface area contributed by atoms with E-state index in [1.165, 1.54) is 11.3 Å². The first-order valence-corrected chi connectivity index (χ1v) is 8.48. The van der Waals surface area contributed by atoms with Gasteiger partial charge in [0, 0.05) is 18.1 Å². The second-order valence-electron chi connectivity index (χ2n) is 4.48. The van der Waals surface area contributed by atoms with Crippen molar-refractivity contribution < 1.29 is 8.42 Å². The van der Waals surface area contributed by atoms with Crippen LogP contribution in [0.1, 0.15) is 10.6 Å². The number of aromatic nitrogens is 2. The lowest BCUT2D eigenvalue weighted by Crippen LogP contribution is -2.11. The van der Waals surface area contributed by atoms with Crippen LogP contribution in [0.3, 0.4) is 0 Å². The predicted molar refractivity (Wildman–Crippen MR) is 80.7 cm³/mol. The molecule has 2 rings (SSSR count). The van der Waals surface area contributed by atoms with Crippen molar-refractivity contribution in [2.24, 2.45) is 7.05 Å². The van der Waals surface area contributed by atoms with Crippen LogP contribution in [0.15, 0.2) is 22.5 Å². The van der Waals surface area contributed by atoms with Crippen LogP contribution >= 0.6 is 11.3 Å². The molecule has 0 fully saturated rings. The summed E-state index contributed by atoms with van der Waals surface area (Å²) < 4.78 is 29.1. The van der Waals surface area contributed by atoms with Gasteiger partial charge >= 0.3 is 0 Å². The summed E-state index contributed by atoms with van der Waals surface area (Å²) >= 11 is 1.29.